The molecule has 2 nitrogen and oxygen atoms in total. The molecule has 1 fully saturated rings. The van der Waals surface area contributed by atoms with Crippen LogP contribution in [0.25, 0.3) is 0 Å². The van der Waals surface area contributed by atoms with Crippen molar-refractivity contribution in [3.05, 3.63) is 16.6 Å². The largest absolute Gasteiger partial charge is 0.365 e. The van der Waals surface area contributed by atoms with Gasteiger partial charge in [-0.3, -0.25) is 0 Å². The zero-order valence-electron chi connectivity index (χ0n) is 4.20. The van der Waals surface area contributed by atoms with E-state index in [1.54, 1.807) is 11.3 Å². The first-order chi connectivity index (χ1) is 3.97. The molecule has 0 aromatic carbocycles. The minimum atomic E-state index is 0.343. The van der Waals surface area contributed by atoms with Crippen LogP contribution in [0.5, 0.6) is 0 Å². The van der Waals surface area contributed by atoms with Crippen LogP contribution in [0.4, 0.5) is 0 Å². The van der Waals surface area contributed by atoms with Crippen LogP contribution in [0.1, 0.15) is 11.1 Å². The lowest BCUT2D eigenvalue weighted by Crippen LogP contribution is -1.72. The van der Waals surface area contributed by atoms with Crippen LogP contribution in [-0.2, 0) is 4.74 Å². The van der Waals surface area contributed by atoms with E-state index >= 15 is 0 Å². The van der Waals surface area contributed by atoms with Crippen LogP contribution >= 0.6 is 11.3 Å². The minimum absolute atomic E-state index is 0.343. The van der Waals surface area contributed by atoms with Gasteiger partial charge in [0.2, 0.25) is 0 Å². The Morgan fingerprint density at radius 1 is 1.88 bits per heavy atom. The van der Waals surface area contributed by atoms with E-state index in [1.807, 2.05) is 11.6 Å². The Hall–Kier alpha value is -0.410. The normalized spacial score (nSPS) is 25.8. The van der Waals surface area contributed by atoms with Crippen LogP contribution < -0.4 is 0 Å². The fourth-order valence-corrected chi connectivity index (χ4v) is 1.25. The average molecular weight is 127 g/mol. The molecule has 1 saturated heterocycles. The first-order valence-corrected chi connectivity index (χ1v) is 3.36. The van der Waals surface area contributed by atoms with Crippen molar-refractivity contribution in [3.63, 3.8) is 0 Å². The van der Waals surface area contributed by atoms with E-state index in [2.05, 4.69) is 4.98 Å². The SMILES string of the molecule is c1csc(C2CO2)n1. The van der Waals surface area contributed by atoms with Crippen LogP contribution in [0, 0.1) is 0 Å². The summed E-state index contributed by atoms with van der Waals surface area (Å²) in [4.78, 5) is 4.07. The molecular weight excluding hydrogens is 122 g/mol. The molecule has 2 rings (SSSR count). The highest BCUT2D eigenvalue weighted by atomic mass is 32.1. The van der Waals surface area contributed by atoms with Gasteiger partial charge in [-0.1, -0.05) is 0 Å². The lowest BCUT2D eigenvalue weighted by molar-refractivity contribution is 0.415. The number of rotatable bonds is 1. The van der Waals surface area contributed by atoms with Gasteiger partial charge in [-0.05, 0) is 0 Å². The standard InChI is InChI=1S/C5H5NOS/c1-2-8-5(6-1)4-3-7-4/h1-2,4H,3H2. The summed E-state index contributed by atoms with van der Waals surface area (Å²) in [6, 6.07) is 0. The molecule has 0 aliphatic carbocycles. The molecule has 3 heteroatoms. The van der Waals surface area contributed by atoms with Gasteiger partial charge in [0.05, 0.1) is 6.61 Å². The van der Waals surface area contributed by atoms with Gasteiger partial charge >= 0.3 is 0 Å². The summed E-state index contributed by atoms with van der Waals surface area (Å²) in [5.74, 6) is 0. The number of thiazole rings is 1. The van der Waals surface area contributed by atoms with E-state index in [4.69, 9.17) is 4.74 Å². The molecule has 42 valence electrons. The highest BCUT2D eigenvalue weighted by molar-refractivity contribution is 7.09. The Morgan fingerprint density at radius 2 is 2.75 bits per heavy atom. The predicted molar refractivity (Wildman–Crippen MR) is 30.8 cm³/mol. The van der Waals surface area contributed by atoms with Crippen LogP contribution in [0.3, 0.4) is 0 Å². The second kappa shape index (κ2) is 1.53. The summed E-state index contributed by atoms with van der Waals surface area (Å²) < 4.78 is 5.00. The number of ether oxygens (including phenoxy) is 1. The monoisotopic (exact) mass is 127 g/mol. The van der Waals surface area contributed by atoms with Gasteiger partial charge in [0.1, 0.15) is 11.1 Å². The van der Waals surface area contributed by atoms with Gasteiger partial charge < -0.3 is 4.74 Å². The van der Waals surface area contributed by atoms with Crippen molar-refractivity contribution < 1.29 is 4.74 Å². The molecule has 1 aliphatic rings. The predicted octanol–water partition coefficient (Wildman–Crippen LogP) is 1.21. The molecule has 8 heavy (non-hydrogen) atoms. The van der Waals surface area contributed by atoms with Crippen LogP contribution in [-0.4, -0.2) is 11.6 Å². The molecule has 1 aliphatic heterocycles. The van der Waals surface area contributed by atoms with Gasteiger partial charge in [-0.2, -0.15) is 0 Å². The molecule has 0 N–H and O–H groups in total. The van der Waals surface area contributed by atoms with Crippen molar-refractivity contribution in [3.8, 4) is 0 Å². The van der Waals surface area contributed by atoms with Crippen molar-refractivity contribution >= 4 is 11.3 Å². The molecule has 2 heterocycles. The van der Waals surface area contributed by atoms with Crippen molar-refractivity contribution in [2.24, 2.45) is 0 Å². The number of hydrogen-bond acceptors (Lipinski definition) is 3. The van der Waals surface area contributed by atoms with Crippen molar-refractivity contribution in [1.82, 2.24) is 4.98 Å². The van der Waals surface area contributed by atoms with Gasteiger partial charge in [0.15, 0.2) is 0 Å². The molecule has 1 unspecified atom stereocenters. The molecule has 0 amide bonds. The van der Waals surface area contributed by atoms with Crippen LogP contribution in [0.15, 0.2) is 11.6 Å². The average Bonchev–Trinajstić information content (AvgIpc) is 2.49. The number of epoxide rings is 1. The van der Waals surface area contributed by atoms with E-state index in [9.17, 15) is 0 Å². The Morgan fingerprint density at radius 3 is 3.25 bits per heavy atom. The lowest BCUT2D eigenvalue weighted by atomic mass is 10.5. The fourth-order valence-electron chi connectivity index (χ4n) is 0.584. The second-order valence-corrected chi connectivity index (χ2v) is 2.62. The quantitative estimate of drug-likeness (QED) is 0.530. The molecule has 1 aromatic heterocycles. The van der Waals surface area contributed by atoms with Gasteiger partial charge in [0.25, 0.3) is 0 Å². The van der Waals surface area contributed by atoms with Gasteiger partial charge in [0, 0.05) is 11.6 Å². The number of hydrogen-bond donors (Lipinski definition) is 0. The summed E-state index contributed by atoms with van der Waals surface area (Å²) in [6.45, 7) is 0.869. The summed E-state index contributed by atoms with van der Waals surface area (Å²) in [5.41, 5.74) is 0. The Kier molecular flexibility index (Phi) is 0.856. The van der Waals surface area contributed by atoms with E-state index < -0.39 is 0 Å². The third-order valence-electron chi connectivity index (χ3n) is 1.06. The Labute approximate surface area is 51.1 Å². The molecule has 1 atom stereocenters. The Balaban J connectivity index is 2.28. The second-order valence-electron chi connectivity index (χ2n) is 1.69. The van der Waals surface area contributed by atoms with Gasteiger partial charge in [-0.25, -0.2) is 4.98 Å². The molecule has 1 aromatic rings. The minimum Gasteiger partial charge on any atom is -0.365 e. The highest BCUT2D eigenvalue weighted by Crippen LogP contribution is 2.30. The third-order valence-corrected chi connectivity index (χ3v) is 1.93. The summed E-state index contributed by atoms with van der Waals surface area (Å²) >= 11 is 1.66. The van der Waals surface area contributed by atoms with E-state index in [0.717, 1.165) is 11.6 Å². The van der Waals surface area contributed by atoms with Gasteiger partial charge in [-0.15, -0.1) is 11.3 Å². The van der Waals surface area contributed by atoms with Crippen molar-refractivity contribution in [1.29, 1.82) is 0 Å². The summed E-state index contributed by atoms with van der Waals surface area (Å²) in [6.07, 6.45) is 2.15. The summed E-state index contributed by atoms with van der Waals surface area (Å²) in [7, 11) is 0. The molecule has 0 saturated carbocycles. The lowest BCUT2D eigenvalue weighted by Gasteiger charge is -1.77. The number of aromatic nitrogens is 1. The number of nitrogens with zero attached hydrogens (tertiary/aromatic N) is 1. The molecule has 0 bridgehead atoms. The first-order valence-electron chi connectivity index (χ1n) is 2.48. The zero-order valence-corrected chi connectivity index (χ0v) is 5.02. The van der Waals surface area contributed by atoms with Crippen LogP contribution in [0.2, 0.25) is 0 Å². The third kappa shape index (κ3) is 0.638. The van der Waals surface area contributed by atoms with E-state index in [1.165, 1.54) is 0 Å². The zero-order chi connectivity index (χ0) is 5.40. The maximum absolute atomic E-state index is 5.00. The first kappa shape index (κ1) is 4.47. The fraction of sp³-hybridized carbons (Fsp3) is 0.400. The smallest absolute Gasteiger partial charge is 0.132 e. The maximum atomic E-state index is 5.00. The maximum Gasteiger partial charge on any atom is 0.132 e. The molecule has 0 spiro atoms. The van der Waals surface area contributed by atoms with E-state index in [-0.39, 0.29) is 0 Å². The highest BCUT2D eigenvalue weighted by Gasteiger charge is 2.26. The summed E-state index contributed by atoms with van der Waals surface area (Å²) in [5, 5.41) is 3.08. The Bertz CT molecular complexity index is 169. The molecular formula is C5H5NOS. The topological polar surface area (TPSA) is 25.4 Å². The van der Waals surface area contributed by atoms with E-state index in [0.29, 0.717) is 6.10 Å². The van der Waals surface area contributed by atoms with Crippen molar-refractivity contribution in [2.45, 2.75) is 6.10 Å². The van der Waals surface area contributed by atoms with Crippen molar-refractivity contribution in [2.75, 3.05) is 6.61 Å². The molecule has 0 radical (unpaired) electrons.